The molecule has 4 nitrogen and oxygen atoms in total. The van der Waals surface area contributed by atoms with Crippen molar-refractivity contribution in [3.8, 4) is 0 Å². The molecule has 0 bridgehead atoms. The molecule has 0 aromatic rings. The number of carbonyl (C=O) groups is 1. The van der Waals surface area contributed by atoms with E-state index in [1.54, 1.807) is 6.34 Å². The monoisotopic (exact) mass is 178 g/mol. The number of halogens is 1. The molecule has 1 heterocycles. The van der Waals surface area contributed by atoms with Crippen LogP contribution in [0.25, 0.3) is 0 Å². The maximum Gasteiger partial charge on any atom is 0.332 e. The van der Waals surface area contributed by atoms with Crippen LogP contribution in [0.1, 0.15) is 0 Å². The second-order valence-corrected chi connectivity index (χ2v) is 2.24. The van der Waals surface area contributed by atoms with E-state index in [4.69, 9.17) is 0 Å². The Morgan fingerprint density at radius 2 is 2.45 bits per heavy atom. The van der Waals surface area contributed by atoms with Gasteiger partial charge in [-0.3, -0.25) is 4.99 Å². The smallest absolute Gasteiger partial charge is 0.332 e. The van der Waals surface area contributed by atoms with Gasteiger partial charge in [-0.1, -0.05) is 0 Å². The molecule has 1 atom stereocenters. The molecule has 0 aliphatic carbocycles. The van der Waals surface area contributed by atoms with E-state index in [0.29, 0.717) is 6.54 Å². The normalized spacial score (nSPS) is 21.3. The molecular formula is C6H11ClN2O2. The summed E-state index contributed by atoms with van der Waals surface area (Å²) in [5.74, 6) is -0.263. The predicted molar refractivity (Wildman–Crippen MR) is 44.2 cm³/mol. The van der Waals surface area contributed by atoms with Crippen molar-refractivity contribution in [1.82, 2.24) is 4.90 Å². The molecule has 1 aliphatic rings. The number of ether oxygens (including phenoxy) is 1. The number of carbonyl (C=O) groups excluding carboxylic acids is 1. The van der Waals surface area contributed by atoms with Gasteiger partial charge in [-0.2, -0.15) is 0 Å². The number of hydrogen-bond acceptors (Lipinski definition) is 4. The van der Waals surface area contributed by atoms with Gasteiger partial charge in [0.2, 0.25) is 0 Å². The van der Waals surface area contributed by atoms with Gasteiger partial charge in [-0.05, 0) is 0 Å². The first-order chi connectivity index (χ1) is 4.74. The number of rotatable bonds is 1. The van der Waals surface area contributed by atoms with E-state index in [9.17, 15) is 4.79 Å². The zero-order valence-electron chi connectivity index (χ0n) is 6.48. The fourth-order valence-electron chi connectivity index (χ4n) is 0.833. The first-order valence-corrected chi connectivity index (χ1v) is 3.05. The van der Waals surface area contributed by atoms with Gasteiger partial charge in [-0.25, -0.2) is 4.79 Å². The average Bonchev–Trinajstić information content (AvgIpc) is 2.34. The number of hydrogen-bond donors (Lipinski definition) is 0. The van der Waals surface area contributed by atoms with E-state index in [2.05, 4.69) is 9.73 Å². The van der Waals surface area contributed by atoms with E-state index in [1.165, 1.54) is 7.11 Å². The first-order valence-electron chi connectivity index (χ1n) is 3.05. The minimum atomic E-state index is -0.310. The highest BCUT2D eigenvalue weighted by Gasteiger charge is 2.22. The van der Waals surface area contributed by atoms with Crippen molar-refractivity contribution in [2.75, 3.05) is 20.7 Å². The summed E-state index contributed by atoms with van der Waals surface area (Å²) < 4.78 is 4.50. The summed E-state index contributed by atoms with van der Waals surface area (Å²) in [5.41, 5.74) is 0. The number of nitrogens with zero attached hydrogens (tertiary/aromatic N) is 2. The zero-order valence-corrected chi connectivity index (χ0v) is 7.30. The summed E-state index contributed by atoms with van der Waals surface area (Å²) in [5, 5.41) is 0. The van der Waals surface area contributed by atoms with Crippen molar-refractivity contribution >= 4 is 24.7 Å². The Hall–Kier alpha value is -0.770. The summed E-state index contributed by atoms with van der Waals surface area (Å²) in [4.78, 5) is 16.6. The molecule has 11 heavy (non-hydrogen) atoms. The molecule has 1 unspecified atom stereocenters. The van der Waals surface area contributed by atoms with Crippen LogP contribution in [-0.4, -0.2) is 44.0 Å². The van der Waals surface area contributed by atoms with Gasteiger partial charge in [0.15, 0.2) is 6.04 Å². The summed E-state index contributed by atoms with van der Waals surface area (Å²) in [7, 11) is 3.24. The highest BCUT2D eigenvalue weighted by atomic mass is 35.5. The molecule has 0 amide bonds. The van der Waals surface area contributed by atoms with Crippen LogP contribution in [0, 0.1) is 0 Å². The Morgan fingerprint density at radius 1 is 1.82 bits per heavy atom. The quantitative estimate of drug-likeness (QED) is 0.528. The minimum Gasteiger partial charge on any atom is -0.467 e. The van der Waals surface area contributed by atoms with Gasteiger partial charge in [0, 0.05) is 7.05 Å². The van der Waals surface area contributed by atoms with Crippen molar-refractivity contribution in [2.45, 2.75) is 6.04 Å². The lowest BCUT2D eigenvalue weighted by molar-refractivity contribution is -0.141. The summed E-state index contributed by atoms with van der Waals surface area (Å²) in [6.07, 6.45) is 1.64. The molecule has 1 aliphatic heterocycles. The lowest BCUT2D eigenvalue weighted by Gasteiger charge is -2.07. The summed E-state index contributed by atoms with van der Waals surface area (Å²) in [6, 6.07) is -0.310. The highest BCUT2D eigenvalue weighted by Crippen LogP contribution is 2.01. The van der Waals surface area contributed by atoms with Gasteiger partial charge in [0.05, 0.1) is 20.0 Å². The second kappa shape index (κ2) is 4.18. The van der Waals surface area contributed by atoms with Gasteiger partial charge in [-0.15, -0.1) is 12.4 Å². The second-order valence-electron chi connectivity index (χ2n) is 2.24. The zero-order chi connectivity index (χ0) is 7.56. The van der Waals surface area contributed by atoms with Crippen molar-refractivity contribution < 1.29 is 9.53 Å². The highest BCUT2D eigenvalue weighted by molar-refractivity contribution is 5.85. The van der Waals surface area contributed by atoms with Crippen LogP contribution in [0.3, 0.4) is 0 Å². The molecule has 0 saturated carbocycles. The third kappa shape index (κ3) is 2.38. The van der Waals surface area contributed by atoms with Crippen LogP contribution in [0.4, 0.5) is 0 Å². The van der Waals surface area contributed by atoms with Crippen molar-refractivity contribution in [2.24, 2.45) is 4.99 Å². The fourth-order valence-corrected chi connectivity index (χ4v) is 0.833. The molecule has 0 spiro atoms. The van der Waals surface area contributed by atoms with E-state index in [-0.39, 0.29) is 24.4 Å². The van der Waals surface area contributed by atoms with Crippen molar-refractivity contribution in [3.63, 3.8) is 0 Å². The fraction of sp³-hybridized carbons (Fsp3) is 0.667. The molecule has 0 fully saturated rings. The molecule has 0 radical (unpaired) electrons. The van der Waals surface area contributed by atoms with Crippen LogP contribution in [0.15, 0.2) is 4.99 Å². The molecule has 0 saturated heterocycles. The number of methoxy groups -OCH3 is 1. The summed E-state index contributed by atoms with van der Waals surface area (Å²) >= 11 is 0. The van der Waals surface area contributed by atoms with Gasteiger partial charge in [0.25, 0.3) is 0 Å². The minimum absolute atomic E-state index is 0. The molecule has 0 aromatic heterocycles. The largest absolute Gasteiger partial charge is 0.467 e. The lowest BCUT2D eigenvalue weighted by atomic mass is 10.3. The Morgan fingerprint density at radius 3 is 2.82 bits per heavy atom. The Labute approximate surface area is 71.6 Å². The number of likely N-dealkylation sites (N-methyl/N-ethyl adjacent to an activating group) is 1. The van der Waals surface area contributed by atoms with E-state index < -0.39 is 0 Å². The van der Waals surface area contributed by atoms with E-state index >= 15 is 0 Å². The van der Waals surface area contributed by atoms with Gasteiger partial charge < -0.3 is 9.64 Å². The lowest BCUT2D eigenvalue weighted by Crippen LogP contribution is -2.26. The average molecular weight is 179 g/mol. The molecular weight excluding hydrogens is 168 g/mol. The molecule has 1 rings (SSSR count). The standard InChI is InChI=1S/C6H10N2O2.ClH/c1-8-3-5(7-4-8)6(9)10-2;/h4-5H,3H2,1-2H3;1H. The van der Waals surface area contributed by atoms with Crippen molar-refractivity contribution in [3.05, 3.63) is 0 Å². The van der Waals surface area contributed by atoms with Crippen LogP contribution in [-0.2, 0) is 9.53 Å². The SMILES string of the molecule is COC(=O)C1CN(C)C=N1.Cl. The molecule has 0 aromatic carbocycles. The Bertz CT molecular complexity index is 172. The molecule has 64 valence electrons. The van der Waals surface area contributed by atoms with Crippen molar-refractivity contribution in [1.29, 1.82) is 0 Å². The summed E-state index contributed by atoms with van der Waals surface area (Å²) in [6.45, 7) is 0.632. The maximum atomic E-state index is 10.8. The Kier molecular flexibility index (Phi) is 3.89. The Balaban J connectivity index is 0.000001000. The third-order valence-electron chi connectivity index (χ3n) is 1.38. The maximum absolute atomic E-state index is 10.8. The van der Waals surface area contributed by atoms with Crippen LogP contribution < -0.4 is 0 Å². The number of aliphatic imine (C=N–C) groups is 1. The third-order valence-corrected chi connectivity index (χ3v) is 1.38. The van der Waals surface area contributed by atoms with Crippen LogP contribution in [0.5, 0.6) is 0 Å². The molecule has 0 N–H and O–H groups in total. The molecule has 5 heteroatoms. The van der Waals surface area contributed by atoms with Gasteiger partial charge in [0.1, 0.15) is 0 Å². The number of esters is 1. The van der Waals surface area contributed by atoms with Gasteiger partial charge >= 0.3 is 5.97 Å². The van der Waals surface area contributed by atoms with E-state index in [0.717, 1.165) is 0 Å². The van der Waals surface area contributed by atoms with E-state index in [1.807, 2.05) is 11.9 Å². The predicted octanol–water partition coefficient (Wildman–Crippen LogP) is -0.0765. The first kappa shape index (κ1) is 10.2. The van der Waals surface area contributed by atoms with Crippen LogP contribution >= 0.6 is 12.4 Å². The topological polar surface area (TPSA) is 41.9 Å². The van der Waals surface area contributed by atoms with Crippen LogP contribution in [0.2, 0.25) is 0 Å².